The predicted molar refractivity (Wildman–Crippen MR) is 76.4 cm³/mol. The highest BCUT2D eigenvalue weighted by atomic mass is 79.9. The third kappa shape index (κ3) is 2.91. The highest BCUT2D eigenvalue weighted by Crippen LogP contribution is 2.31. The summed E-state index contributed by atoms with van der Waals surface area (Å²) < 4.78 is 23.8. The van der Waals surface area contributed by atoms with Crippen LogP contribution in [-0.4, -0.2) is 13.1 Å². The monoisotopic (exact) mass is 339 g/mol. The molecule has 0 heterocycles. The quantitative estimate of drug-likeness (QED) is 0.683. The predicted octanol–water partition coefficient (Wildman–Crippen LogP) is 3.75. The number of nitrogens with two attached hydrogens (primary N) is 1. The van der Waals surface area contributed by atoms with Crippen molar-refractivity contribution in [2.24, 2.45) is 0 Å². The number of carbonyl (C=O) groups excluding carboxylic acids is 1. The second-order valence-corrected chi connectivity index (χ2v) is 4.74. The van der Waals surface area contributed by atoms with E-state index in [1.807, 2.05) is 0 Å². The van der Waals surface area contributed by atoms with Crippen LogP contribution in [-0.2, 0) is 4.74 Å². The van der Waals surface area contributed by atoms with Gasteiger partial charge in [-0.2, -0.15) is 0 Å². The van der Waals surface area contributed by atoms with Gasteiger partial charge in [-0.15, -0.1) is 0 Å². The van der Waals surface area contributed by atoms with Gasteiger partial charge >= 0.3 is 5.97 Å². The number of methoxy groups -OCH3 is 1. The first-order valence-corrected chi connectivity index (χ1v) is 6.42. The Morgan fingerprint density at radius 3 is 2.70 bits per heavy atom. The molecule has 0 unspecified atom stereocenters. The van der Waals surface area contributed by atoms with Crippen LogP contribution in [0.1, 0.15) is 10.4 Å². The summed E-state index contributed by atoms with van der Waals surface area (Å²) in [6.45, 7) is 0. The maximum atomic E-state index is 13.4. The molecule has 20 heavy (non-hydrogen) atoms. The molecule has 0 atom stereocenters. The molecule has 0 saturated carbocycles. The molecule has 0 aliphatic rings. The lowest BCUT2D eigenvalue weighted by atomic mass is 10.1. The molecule has 2 aromatic carbocycles. The molecule has 0 saturated heterocycles. The average molecular weight is 340 g/mol. The van der Waals surface area contributed by atoms with Crippen molar-refractivity contribution in [2.75, 3.05) is 12.8 Å². The molecule has 6 heteroatoms. The molecular formula is C14H11BrFNO3. The number of esters is 1. The highest BCUT2D eigenvalue weighted by Gasteiger charge is 2.14. The number of hydrogen-bond donors (Lipinski definition) is 1. The Kier molecular flexibility index (Phi) is 4.24. The van der Waals surface area contributed by atoms with Gasteiger partial charge in [0.15, 0.2) is 5.75 Å². The van der Waals surface area contributed by atoms with Crippen molar-refractivity contribution in [1.82, 2.24) is 0 Å². The maximum Gasteiger partial charge on any atom is 0.340 e. The lowest BCUT2D eigenvalue weighted by Crippen LogP contribution is -2.06. The molecule has 2 aromatic rings. The molecule has 0 fully saturated rings. The summed E-state index contributed by atoms with van der Waals surface area (Å²) in [5.41, 5.74) is 6.18. The van der Waals surface area contributed by atoms with Crippen LogP contribution in [0.2, 0.25) is 0 Å². The lowest BCUT2D eigenvalue weighted by Gasteiger charge is -2.11. The van der Waals surface area contributed by atoms with Crippen molar-refractivity contribution in [3.8, 4) is 11.5 Å². The molecule has 2 rings (SSSR count). The van der Waals surface area contributed by atoms with Crippen molar-refractivity contribution in [2.45, 2.75) is 0 Å². The zero-order chi connectivity index (χ0) is 14.7. The Labute approximate surface area is 123 Å². The minimum atomic E-state index is -0.560. The van der Waals surface area contributed by atoms with E-state index in [9.17, 15) is 9.18 Å². The molecule has 0 spiro atoms. The van der Waals surface area contributed by atoms with Crippen LogP contribution in [0, 0.1) is 5.82 Å². The largest absolute Gasteiger partial charge is 0.465 e. The maximum absolute atomic E-state index is 13.4. The normalized spacial score (nSPS) is 10.2. The molecule has 0 amide bonds. The number of rotatable bonds is 3. The van der Waals surface area contributed by atoms with Crippen molar-refractivity contribution >= 4 is 27.6 Å². The minimum absolute atomic E-state index is 0.141. The Morgan fingerprint density at radius 1 is 1.30 bits per heavy atom. The van der Waals surface area contributed by atoms with Gasteiger partial charge in [-0.1, -0.05) is 6.07 Å². The van der Waals surface area contributed by atoms with Gasteiger partial charge in [0.1, 0.15) is 11.6 Å². The van der Waals surface area contributed by atoms with Crippen LogP contribution in [0.15, 0.2) is 40.9 Å². The minimum Gasteiger partial charge on any atom is -0.465 e. The molecule has 4 nitrogen and oxygen atoms in total. The zero-order valence-electron chi connectivity index (χ0n) is 10.5. The molecule has 0 aliphatic heterocycles. The number of nitrogen functional groups attached to an aromatic ring is 1. The Hall–Kier alpha value is -2.08. The first-order chi connectivity index (χ1) is 9.52. The van der Waals surface area contributed by atoms with Crippen molar-refractivity contribution in [1.29, 1.82) is 0 Å². The molecule has 0 aliphatic carbocycles. The van der Waals surface area contributed by atoms with Crippen LogP contribution < -0.4 is 10.5 Å². The smallest absolute Gasteiger partial charge is 0.340 e. The molecular weight excluding hydrogens is 329 g/mol. The Morgan fingerprint density at radius 2 is 2.05 bits per heavy atom. The summed E-state index contributed by atoms with van der Waals surface area (Å²) in [6.07, 6.45) is 0. The van der Waals surface area contributed by atoms with E-state index < -0.39 is 11.8 Å². The summed E-state index contributed by atoms with van der Waals surface area (Å²) in [7, 11) is 1.26. The molecule has 0 bridgehead atoms. The SMILES string of the molecule is COC(=O)c1cccc(Oc2ccc(Br)c(F)c2)c1N. The van der Waals surface area contributed by atoms with Gasteiger partial charge in [0.05, 0.1) is 22.8 Å². The zero-order valence-corrected chi connectivity index (χ0v) is 12.1. The first kappa shape index (κ1) is 14.3. The number of carbonyl (C=O) groups is 1. The van der Waals surface area contributed by atoms with Crippen LogP contribution in [0.4, 0.5) is 10.1 Å². The van der Waals surface area contributed by atoms with Gasteiger partial charge in [0.25, 0.3) is 0 Å². The number of benzene rings is 2. The second kappa shape index (κ2) is 5.92. The van der Waals surface area contributed by atoms with Crippen LogP contribution in [0.3, 0.4) is 0 Å². The third-order valence-electron chi connectivity index (χ3n) is 2.59. The van der Waals surface area contributed by atoms with Gasteiger partial charge in [0, 0.05) is 6.07 Å². The van der Waals surface area contributed by atoms with E-state index in [-0.39, 0.29) is 22.7 Å². The van der Waals surface area contributed by atoms with E-state index in [1.165, 1.54) is 25.3 Å². The van der Waals surface area contributed by atoms with Gasteiger partial charge in [-0.05, 0) is 40.2 Å². The van der Waals surface area contributed by atoms with Crippen LogP contribution >= 0.6 is 15.9 Å². The summed E-state index contributed by atoms with van der Waals surface area (Å²) in [5, 5.41) is 0. The molecule has 0 radical (unpaired) electrons. The second-order valence-electron chi connectivity index (χ2n) is 3.89. The third-order valence-corrected chi connectivity index (χ3v) is 3.23. The summed E-state index contributed by atoms with van der Waals surface area (Å²) in [5.74, 6) is -0.478. The van der Waals surface area contributed by atoms with E-state index in [1.54, 1.807) is 18.2 Å². The van der Waals surface area contributed by atoms with Gasteiger partial charge in [-0.25, -0.2) is 9.18 Å². The van der Waals surface area contributed by atoms with Gasteiger partial charge in [0.2, 0.25) is 0 Å². The number of hydrogen-bond acceptors (Lipinski definition) is 4. The summed E-state index contributed by atoms with van der Waals surface area (Å²) in [6, 6.07) is 9.03. The van der Waals surface area contributed by atoms with Crippen LogP contribution in [0.5, 0.6) is 11.5 Å². The molecule has 2 N–H and O–H groups in total. The van der Waals surface area contributed by atoms with Crippen molar-refractivity contribution < 1.29 is 18.7 Å². The first-order valence-electron chi connectivity index (χ1n) is 5.62. The fourth-order valence-electron chi connectivity index (χ4n) is 1.59. The number of anilines is 1. The number of para-hydroxylation sites is 1. The summed E-state index contributed by atoms with van der Waals surface area (Å²) in [4.78, 5) is 11.5. The van der Waals surface area contributed by atoms with E-state index in [0.29, 0.717) is 4.47 Å². The number of ether oxygens (including phenoxy) is 2. The van der Waals surface area contributed by atoms with Gasteiger partial charge < -0.3 is 15.2 Å². The van der Waals surface area contributed by atoms with Gasteiger partial charge in [-0.3, -0.25) is 0 Å². The summed E-state index contributed by atoms with van der Waals surface area (Å²) >= 11 is 3.05. The standard InChI is InChI=1S/C14H11BrFNO3/c1-19-14(18)9-3-2-4-12(13(9)17)20-8-5-6-10(15)11(16)7-8/h2-7H,17H2,1H3. The van der Waals surface area contributed by atoms with E-state index in [2.05, 4.69) is 20.7 Å². The lowest BCUT2D eigenvalue weighted by molar-refractivity contribution is 0.0601. The van der Waals surface area contributed by atoms with E-state index in [4.69, 9.17) is 10.5 Å². The van der Waals surface area contributed by atoms with Crippen molar-refractivity contribution in [3.63, 3.8) is 0 Å². The van der Waals surface area contributed by atoms with Crippen LogP contribution in [0.25, 0.3) is 0 Å². The number of halogens is 2. The Bertz CT molecular complexity index is 661. The van der Waals surface area contributed by atoms with E-state index in [0.717, 1.165) is 0 Å². The topological polar surface area (TPSA) is 61.5 Å². The molecule has 104 valence electrons. The fourth-order valence-corrected chi connectivity index (χ4v) is 1.83. The van der Waals surface area contributed by atoms with E-state index >= 15 is 0 Å². The van der Waals surface area contributed by atoms with Crippen molar-refractivity contribution in [3.05, 3.63) is 52.3 Å². The Balaban J connectivity index is 2.34. The fraction of sp³-hybridized carbons (Fsp3) is 0.0714. The molecule has 0 aromatic heterocycles. The average Bonchev–Trinajstić information content (AvgIpc) is 2.44. The highest BCUT2D eigenvalue weighted by molar-refractivity contribution is 9.10.